The number of benzene rings is 1. The Morgan fingerprint density at radius 2 is 1.79 bits per heavy atom. The minimum Gasteiger partial charge on any atom is -0.468 e. The summed E-state index contributed by atoms with van der Waals surface area (Å²) in [5.41, 5.74) is 1.49. The van der Waals surface area contributed by atoms with Crippen LogP contribution in [-0.2, 0) is 23.9 Å². The van der Waals surface area contributed by atoms with Crippen LogP contribution >= 0.6 is 0 Å². The number of hydrogen-bond donors (Lipinski definition) is 3. The minimum atomic E-state index is -1.33. The van der Waals surface area contributed by atoms with E-state index in [9.17, 15) is 24.3 Å². The van der Waals surface area contributed by atoms with Gasteiger partial charge in [0, 0.05) is 6.54 Å². The zero-order valence-electron chi connectivity index (χ0n) is 20.4. The highest BCUT2D eigenvalue weighted by Gasteiger charge is 2.36. The largest absolute Gasteiger partial charge is 0.468 e. The Balaban J connectivity index is 3.30. The van der Waals surface area contributed by atoms with E-state index in [0.29, 0.717) is 5.56 Å². The molecule has 0 heterocycles. The van der Waals surface area contributed by atoms with E-state index in [0.717, 1.165) is 11.1 Å². The number of aliphatic hydroxyl groups excluding tert-OH is 1. The van der Waals surface area contributed by atoms with Crippen LogP contribution in [0.5, 0.6) is 0 Å². The topological polar surface area (TPSA) is 134 Å². The molecule has 1 aromatic rings. The van der Waals surface area contributed by atoms with Gasteiger partial charge in [-0.15, -0.1) is 0 Å². The van der Waals surface area contributed by atoms with Gasteiger partial charge in [-0.2, -0.15) is 0 Å². The van der Waals surface area contributed by atoms with Gasteiger partial charge in [0.05, 0.1) is 13.7 Å². The summed E-state index contributed by atoms with van der Waals surface area (Å²) in [4.78, 5) is 51.4. The third kappa shape index (κ3) is 8.38. The molecule has 2 atom stereocenters. The third-order valence-electron chi connectivity index (χ3n) is 4.71. The summed E-state index contributed by atoms with van der Waals surface area (Å²) < 4.78 is 9.74. The third-order valence-corrected chi connectivity index (χ3v) is 4.71. The van der Waals surface area contributed by atoms with Crippen molar-refractivity contribution in [1.82, 2.24) is 15.5 Å². The van der Waals surface area contributed by atoms with Gasteiger partial charge < -0.3 is 30.1 Å². The van der Waals surface area contributed by atoms with Gasteiger partial charge in [-0.05, 0) is 52.7 Å². The number of carbonyl (C=O) groups excluding carboxylic acids is 4. The number of aliphatic hydroxyl groups is 1. The van der Waals surface area contributed by atoms with Crippen LogP contribution in [0.2, 0.25) is 0 Å². The Bertz CT molecular complexity index is 864. The van der Waals surface area contributed by atoms with Crippen LogP contribution in [0.15, 0.2) is 18.2 Å². The number of rotatable bonds is 9. The van der Waals surface area contributed by atoms with E-state index in [1.807, 2.05) is 26.0 Å². The van der Waals surface area contributed by atoms with Crippen molar-refractivity contribution in [2.45, 2.75) is 59.2 Å². The van der Waals surface area contributed by atoms with E-state index in [1.54, 1.807) is 33.8 Å². The molecule has 0 saturated heterocycles. The van der Waals surface area contributed by atoms with Crippen LogP contribution in [0.25, 0.3) is 0 Å². The zero-order chi connectivity index (χ0) is 25.3. The maximum atomic E-state index is 13.3. The molecule has 0 saturated carbocycles. The summed E-state index contributed by atoms with van der Waals surface area (Å²) >= 11 is 0. The summed E-state index contributed by atoms with van der Waals surface area (Å²) in [7, 11) is 1.20. The highest BCUT2D eigenvalue weighted by atomic mass is 16.6. The van der Waals surface area contributed by atoms with Crippen molar-refractivity contribution in [1.29, 1.82) is 0 Å². The average molecular weight is 466 g/mol. The first kappa shape index (κ1) is 27.9. The van der Waals surface area contributed by atoms with Crippen molar-refractivity contribution in [3.05, 3.63) is 34.9 Å². The van der Waals surface area contributed by atoms with E-state index in [1.165, 1.54) is 12.0 Å². The van der Waals surface area contributed by atoms with Crippen LogP contribution in [0.3, 0.4) is 0 Å². The van der Waals surface area contributed by atoms with Crippen molar-refractivity contribution in [3.63, 3.8) is 0 Å². The number of esters is 1. The number of amides is 3. The summed E-state index contributed by atoms with van der Waals surface area (Å²) in [5.74, 6) is -1.92. The van der Waals surface area contributed by atoms with Crippen LogP contribution in [0, 0.1) is 13.8 Å². The lowest BCUT2D eigenvalue weighted by Gasteiger charge is -2.34. The average Bonchev–Trinajstić information content (AvgIpc) is 2.72. The Labute approximate surface area is 194 Å². The first-order valence-corrected chi connectivity index (χ1v) is 10.7. The SMILES string of the molecule is CCN(C(=O)C(CO)NC(=O)OC(C)(C)C)C(C(=O)NCC(=O)OC)c1ccc(C)cc1C. The highest BCUT2D eigenvalue weighted by molar-refractivity contribution is 5.93. The summed E-state index contributed by atoms with van der Waals surface area (Å²) in [5, 5.41) is 14.6. The molecule has 0 aromatic heterocycles. The van der Waals surface area contributed by atoms with Crippen molar-refractivity contribution in [3.8, 4) is 0 Å². The number of carbonyl (C=O) groups is 4. The molecule has 2 unspecified atom stereocenters. The second kappa shape index (κ2) is 12.2. The van der Waals surface area contributed by atoms with Gasteiger partial charge in [0.2, 0.25) is 11.8 Å². The molecule has 0 aliphatic heterocycles. The summed E-state index contributed by atoms with van der Waals surface area (Å²) in [6.45, 7) is 9.41. The number of nitrogens with zero attached hydrogens (tertiary/aromatic N) is 1. The second-order valence-electron chi connectivity index (χ2n) is 8.56. The van der Waals surface area contributed by atoms with Gasteiger partial charge in [-0.3, -0.25) is 14.4 Å². The van der Waals surface area contributed by atoms with Gasteiger partial charge in [0.1, 0.15) is 24.2 Å². The van der Waals surface area contributed by atoms with Gasteiger partial charge in [0.15, 0.2) is 0 Å². The maximum absolute atomic E-state index is 13.3. The predicted molar refractivity (Wildman–Crippen MR) is 121 cm³/mol. The fourth-order valence-electron chi connectivity index (χ4n) is 3.21. The standard InChI is InChI=1S/C23H35N3O7/c1-8-26(21(30)17(13-27)25-22(31)33-23(4,5)6)19(20(29)24-12-18(28)32-7)16-10-9-14(2)11-15(16)3/h9-11,17,19,27H,8,12-13H2,1-7H3,(H,24,29)(H,25,31). The zero-order valence-corrected chi connectivity index (χ0v) is 20.4. The second-order valence-corrected chi connectivity index (χ2v) is 8.56. The molecule has 10 heteroatoms. The van der Waals surface area contributed by atoms with Crippen molar-refractivity contribution in [2.24, 2.45) is 0 Å². The monoisotopic (exact) mass is 465 g/mol. The molecular weight excluding hydrogens is 430 g/mol. The quantitative estimate of drug-likeness (QED) is 0.469. The number of methoxy groups -OCH3 is 1. The molecule has 0 bridgehead atoms. The molecule has 1 aromatic carbocycles. The van der Waals surface area contributed by atoms with E-state index in [2.05, 4.69) is 15.4 Å². The van der Waals surface area contributed by atoms with Crippen molar-refractivity contribution in [2.75, 3.05) is 26.8 Å². The molecule has 0 aliphatic rings. The first-order valence-electron chi connectivity index (χ1n) is 10.7. The number of aryl methyl sites for hydroxylation is 2. The lowest BCUT2D eigenvalue weighted by molar-refractivity contribution is -0.145. The maximum Gasteiger partial charge on any atom is 0.408 e. The first-order chi connectivity index (χ1) is 15.3. The molecule has 0 aliphatic carbocycles. The van der Waals surface area contributed by atoms with E-state index >= 15 is 0 Å². The molecule has 0 fully saturated rings. The number of hydrogen-bond acceptors (Lipinski definition) is 7. The lowest BCUT2D eigenvalue weighted by atomic mass is 9.96. The molecule has 1 rings (SSSR count). The van der Waals surface area contributed by atoms with Crippen LogP contribution < -0.4 is 10.6 Å². The minimum absolute atomic E-state index is 0.0922. The van der Waals surface area contributed by atoms with E-state index in [-0.39, 0.29) is 13.1 Å². The summed E-state index contributed by atoms with van der Waals surface area (Å²) in [6.07, 6.45) is -0.871. The molecule has 33 heavy (non-hydrogen) atoms. The lowest BCUT2D eigenvalue weighted by Crippen LogP contribution is -2.54. The molecule has 3 N–H and O–H groups in total. The highest BCUT2D eigenvalue weighted by Crippen LogP contribution is 2.26. The molecular formula is C23H35N3O7. The van der Waals surface area contributed by atoms with Crippen molar-refractivity contribution < 1.29 is 33.8 Å². The van der Waals surface area contributed by atoms with E-state index < -0.39 is 48.2 Å². The number of alkyl carbamates (subject to hydrolysis) is 1. The number of likely N-dealkylation sites (N-methyl/N-ethyl adjacent to an activating group) is 1. The van der Waals surface area contributed by atoms with Gasteiger partial charge in [-0.25, -0.2) is 4.79 Å². The van der Waals surface area contributed by atoms with Crippen LogP contribution in [0.4, 0.5) is 4.79 Å². The smallest absolute Gasteiger partial charge is 0.408 e. The molecule has 0 spiro atoms. The fourth-order valence-corrected chi connectivity index (χ4v) is 3.21. The Morgan fingerprint density at radius 3 is 2.27 bits per heavy atom. The Kier molecular flexibility index (Phi) is 10.3. The Hall–Kier alpha value is -3.14. The van der Waals surface area contributed by atoms with Crippen LogP contribution in [-0.4, -0.2) is 72.3 Å². The molecule has 0 radical (unpaired) electrons. The normalized spacial score (nSPS) is 12.8. The van der Waals surface area contributed by atoms with E-state index in [4.69, 9.17) is 4.74 Å². The van der Waals surface area contributed by atoms with Gasteiger partial charge in [-0.1, -0.05) is 23.8 Å². The summed E-state index contributed by atoms with van der Waals surface area (Å²) in [6, 6.07) is 2.97. The fraction of sp³-hybridized carbons (Fsp3) is 0.565. The molecule has 10 nitrogen and oxygen atoms in total. The van der Waals surface area contributed by atoms with Crippen LogP contribution in [0.1, 0.15) is 50.4 Å². The number of nitrogens with one attached hydrogen (secondary N) is 2. The van der Waals surface area contributed by atoms with Crippen molar-refractivity contribution >= 4 is 23.9 Å². The molecule has 3 amide bonds. The van der Waals surface area contributed by atoms with Gasteiger partial charge >= 0.3 is 12.1 Å². The predicted octanol–water partition coefficient (Wildman–Crippen LogP) is 1.37. The number of ether oxygens (including phenoxy) is 2. The van der Waals surface area contributed by atoms with Gasteiger partial charge in [0.25, 0.3) is 0 Å². The Morgan fingerprint density at radius 1 is 1.15 bits per heavy atom. The molecule has 184 valence electrons.